The van der Waals surface area contributed by atoms with Crippen molar-refractivity contribution in [1.82, 2.24) is 19.8 Å². The molecule has 0 saturated heterocycles. The summed E-state index contributed by atoms with van der Waals surface area (Å²) in [6.07, 6.45) is 0. The van der Waals surface area contributed by atoms with Crippen LogP contribution in [0.15, 0.2) is 182 Å². The Bertz CT molecular complexity index is 4040. The Kier molecular flexibility index (Phi) is 19.8. The zero-order valence-electron chi connectivity index (χ0n) is 51.6. The number of fused-ring (bicyclic) bond motifs is 2. The average molecular weight is 1150 g/mol. The molecule has 0 saturated carbocycles. The van der Waals surface area contributed by atoms with Gasteiger partial charge in [0.25, 0.3) is 11.8 Å². The van der Waals surface area contributed by atoms with E-state index in [2.05, 4.69) is 71.7 Å². The monoisotopic (exact) mass is 1150 g/mol. The maximum Gasteiger partial charge on any atom is 0.339 e. The van der Waals surface area contributed by atoms with E-state index in [-0.39, 0.29) is 35.4 Å². The Balaban J connectivity index is 0.000000218. The molecule has 12 heteroatoms. The van der Waals surface area contributed by atoms with Crippen LogP contribution in [0.1, 0.15) is 147 Å². The second-order valence-corrected chi connectivity index (χ2v) is 22.3. The minimum absolute atomic E-state index is 0.109. The van der Waals surface area contributed by atoms with E-state index >= 15 is 0 Å². The van der Waals surface area contributed by atoms with Gasteiger partial charge in [0, 0.05) is 57.4 Å². The zero-order valence-corrected chi connectivity index (χ0v) is 51.6. The van der Waals surface area contributed by atoms with Gasteiger partial charge in [-0.2, -0.15) is 0 Å². The molecule has 10 aromatic rings. The lowest BCUT2D eigenvalue weighted by Crippen LogP contribution is -2.26. The maximum absolute atomic E-state index is 13.2. The van der Waals surface area contributed by atoms with Gasteiger partial charge in [0.15, 0.2) is 0 Å². The highest BCUT2D eigenvalue weighted by Gasteiger charge is 2.23. The number of benzene rings is 8. The molecule has 12 nitrogen and oxygen atoms in total. The Labute approximate surface area is 505 Å². The third-order valence-corrected chi connectivity index (χ3v) is 15.6. The number of esters is 1. The second-order valence-electron chi connectivity index (χ2n) is 22.3. The number of methoxy groups -OCH3 is 2. The number of carboxylic acid groups (broad SMARTS) is 1. The molecule has 2 aromatic heterocycles. The van der Waals surface area contributed by atoms with Crippen molar-refractivity contribution in [2.75, 3.05) is 14.2 Å². The summed E-state index contributed by atoms with van der Waals surface area (Å²) in [5.41, 5.74) is 15.9. The van der Waals surface area contributed by atoms with Crippen LogP contribution >= 0.6 is 0 Å². The Morgan fingerprint density at radius 3 is 1.24 bits per heavy atom. The van der Waals surface area contributed by atoms with E-state index in [9.17, 15) is 24.3 Å². The number of carbonyl (C=O) groups is 4. The van der Waals surface area contributed by atoms with E-state index in [4.69, 9.17) is 14.2 Å². The summed E-state index contributed by atoms with van der Waals surface area (Å²) in [5.74, 6) is 0.0720. The molecule has 0 aliphatic heterocycles. The SMILES string of the molecule is CC.COc1ccc(C(C)NC(=O)c2ccc3c(c2)c(C)c(C)n3Cc2ccc(-c3ccccc3C(=O)O)cc2)cc1.COc1ccc(C(C)NC(=O)c2ccc3c(c2)c(C)c(C)n3Cc2ccc(-c3ccccc3C(=O)OC(C)(C)C)cc2)cc1. The van der Waals surface area contributed by atoms with Gasteiger partial charge in [-0.3, -0.25) is 9.59 Å². The van der Waals surface area contributed by atoms with Crippen LogP contribution in [0.4, 0.5) is 0 Å². The number of hydrogen-bond acceptors (Lipinski definition) is 7. The van der Waals surface area contributed by atoms with Crippen LogP contribution in [0.2, 0.25) is 0 Å². The van der Waals surface area contributed by atoms with Gasteiger partial charge in [-0.05, 0) is 191 Å². The molecule has 2 amide bonds. The quantitative estimate of drug-likeness (QED) is 0.0810. The largest absolute Gasteiger partial charge is 0.497 e. The molecule has 0 radical (unpaired) electrons. The van der Waals surface area contributed by atoms with Crippen molar-refractivity contribution in [3.05, 3.63) is 249 Å². The molecule has 3 N–H and O–H groups in total. The molecular formula is C74H78N4O8. The van der Waals surface area contributed by atoms with Crippen molar-refractivity contribution in [3.8, 4) is 33.8 Å². The molecule has 10 rings (SSSR count). The van der Waals surface area contributed by atoms with Crippen LogP contribution in [-0.2, 0) is 17.8 Å². The first-order valence-electron chi connectivity index (χ1n) is 29.1. The van der Waals surface area contributed by atoms with Crippen LogP contribution < -0.4 is 20.1 Å². The van der Waals surface area contributed by atoms with E-state index < -0.39 is 11.6 Å². The van der Waals surface area contributed by atoms with Crippen LogP contribution in [0.25, 0.3) is 44.1 Å². The summed E-state index contributed by atoms with van der Waals surface area (Å²) < 4.78 is 20.7. The predicted molar refractivity (Wildman–Crippen MR) is 346 cm³/mol. The average Bonchev–Trinajstić information content (AvgIpc) is 1.91. The van der Waals surface area contributed by atoms with Gasteiger partial charge < -0.3 is 39.1 Å². The van der Waals surface area contributed by atoms with Gasteiger partial charge in [0.2, 0.25) is 0 Å². The molecule has 0 spiro atoms. The molecule has 8 aromatic carbocycles. The molecule has 2 atom stereocenters. The van der Waals surface area contributed by atoms with Crippen molar-refractivity contribution in [2.24, 2.45) is 0 Å². The van der Waals surface area contributed by atoms with Gasteiger partial charge >= 0.3 is 11.9 Å². The molecular weight excluding hydrogens is 1070 g/mol. The molecule has 0 aliphatic rings. The molecule has 86 heavy (non-hydrogen) atoms. The molecule has 2 unspecified atom stereocenters. The van der Waals surface area contributed by atoms with Crippen molar-refractivity contribution >= 4 is 45.6 Å². The minimum Gasteiger partial charge on any atom is -0.497 e. The van der Waals surface area contributed by atoms with Gasteiger partial charge in [0.05, 0.1) is 37.4 Å². The topological polar surface area (TPSA) is 150 Å². The zero-order chi connectivity index (χ0) is 62.0. The lowest BCUT2D eigenvalue weighted by molar-refractivity contribution is 0.00699. The normalized spacial score (nSPS) is 11.8. The standard InChI is InChI=1S/C38H40N2O4.C34H32N2O4.C2H6/c1-24-26(3)40(23-27-12-14-29(15-13-27)32-10-8-9-11-33(32)37(42)44-38(4,5)6)35-21-18-30(22-34(24)35)36(41)39-25(2)28-16-19-31(43-7)20-17-28;1-21-23(3)36(20-24-9-11-26(12-10-24)29-7-5-6-8-30(29)34(38)39)32-18-15-27(19-31(21)32)33(37)35-22(2)25-13-16-28(40-4)17-14-25;1-2/h8-22,25H,23H2,1-7H3,(H,39,41);5-19,22H,20H2,1-4H3,(H,35,37)(H,38,39);1-2H3. The lowest BCUT2D eigenvalue weighted by Gasteiger charge is -2.20. The van der Waals surface area contributed by atoms with Crippen molar-refractivity contribution in [3.63, 3.8) is 0 Å². The summed E-state index contributed by atoms with van der Waals surface area (Å²) >= 11 is 0. The van der Waals surface area contributed by atoms with E-state index in [0.717, 1.165) is 94.8 Å². The van der Waals surface area contributed by atoms with Gasteiger partial charge in [0.1, 0.15) is 17.1 Å². The number of hydrogen-bond donors (Lipinski definition) is 3. The highest BCUT2D eigenvalue weighted by Crippen LogP contribution is 2.33. The van der Waals surface area contributed by atoms with Crippen molar-refractivity contribution in [2.45, 2.75) is 107 Å². The van der Waals surface area contributed by atoms with Crippen molar-refractivity contribution < 1.29 is 38.5 Å². The van der Waals surface area contributed by atoms with E-state index in [1.807, 2.05) is 194 Å². The number of aromatic carboxylic acids is 1. The smallest absolute Gasteiger partial charge is 0.339 e. The fourth-order valence-corrected chi connectivity index (χ4v) is 10.6. The Morgan fingerprint density at radius 2 is 0.872 bits per heavy atom. The summed E-state index contributed by atoms with van der Waals surface area (Å²) in [4.78, 5) is 50.8. The summed E-state index contributed by atoms with van der Waals surface area (Å²) in [6, 6.07) is 57.8. The van der Waals surface area contributed by atoms with Gasteiger partial charge in [-0.15, -0.1) is 0 Å². The number of carboxylic acids is 1. The molecule has 442 valence electrons. The Hall–Kier alpha value is -9.68. The first-order chi connectivity index (χ1) is 41.2. The summed E-state index contributed by atoms with van der Waals surface area (Å²) in [6.45, 7) is 23.3. The second kappa shape index (κ2) is 27.4. The summed E-state index contributed by atoms with van der Waals surface area (Å²) in [7, 11) is 3.27. The number of aryl methyl sites for hydroxylation is 2. The fraction of sp³-hybridized carbons (Fsp3) is 0.243. The van der Waals surface area contributed by atoms with Crippen LogP contribution in [-0.4, -0.2) is 57.8 Å². The Morgan fingerprint density at radius 1 is 0.500 bits per heavy atom. The first kappa shape index (κ1) is 62.4. The number of aromatic nitrogens is 2. The molecule has 0 aliphatic carbocycles. The highest BCUT2D eigenvalue weighted by molar-refractivity contribution is 6.01. The predicted octanol–water partition coefficient (Wildman–Crippen LogP) is 16.6. The van der Waals surface area contributed by atoms with Crippen LogP contribution in [0.3, 0.4) is 0 Å². The number of nitrogens with zero attached hydrogens (tertiary/aromatic N) is 2. The lowest BCUT2D eigenvalue weighted by atomic mass is 9.98. The van der Waals surface area contributed by atoms with Gasteiger partial charge in [-0.1, -0.05) is 123 Å². The highest BCUT2D eigenvalue weighted by atomic mass is 16.6. The van der Waals surface area contributed by atoms with E-state index in [1.165, 1.54) is 0 Å². The number of carbonyl (C=O) groups excluding carboxylic acids is 3. The van der Waals surface area contributed by atoms with Crippen LogP contribution in [0, 0.1) is 27.7 Å². The number of rotatable bonds is 16. The van der Waals surface area contributed by atoms with Gasteiger partial charge in [-0.25, -0.2) is 9.59 Å². The van der Waals surface area contributed by atoms with E-state index in [1.54, 1.807) is 26.4 Å². The summed E-state index contributed by atoms with van der Waals surface area (Å²) in [5, 5.41) is 17.9. The molecule has 2 heterocycles. The molecule has 0 bridgehead atoms. The van der Waals surface area contributed by atoms with Crippen LogP contribution in [0.5, 0.6) is 11.5 Å². The number of ether oxygens (including phenoxy) is 3. The minimum atomic E-state index is -0.937. The maximum atomic E-state index is 13.2. The first-order valence-corrected chi connectivity index (χ1v) is 29.1. The van der Waals surface area contributed by atoms with E-state index in [0.29, 0.717) is 35.3 Å². The third kappa shape index (κ3) is 14.3. The van der Waals surface area contributed by atoms with Crippen molar-refractivity contribution in [1.29, 1.82) is 0 Å². The number of amides is 2. The fourth-order valence-electron chi connectivity index (χ4n) is 10.6. The number of nitrogens with one attached hydrogen (secondary N) is 2. The third-order valence-electron chi connectivity index (χ3n) is 15.6. The molecule has 0 fully saturated rings.